The van der Waals surface area contributed by atoms with Crippen molar-refractivity contribution in [2.45, 2.75) is 24.5 Å². The summed E-state index contributed by atoms with van der Waals surface area (Å²) in [5.41, 5.74) is -0.855. The third-order valence-electron chi connectivity index (χ3n) is 3.52. The molecule has 2 unspecified atom stereocenters. The summed E-state index contributed by atoms with van der Waals surface area (Å²) in [6.45, 7) is -1.00. The number of nitrogens with zero attached hydrogens (tertiary/aromatic N) is 2. The van der Waals surface area contributed by atoms with Crippen LogP contribution in [0.5, 0.6) is 0 Å². The fourth-order valence-electron chi connectivity index (χ4n) is 2.31. The molecule has 2 rings (SSSR count). The van der Waals surface area contributed by atoms with Crippen molar-refractivity contribution in [3.05, 3.63) is 22.7 Å². The number of nitrogens with one attached hydrogen (secondary N) is 1. The summed E-state index contributed by atoms with van der Waals surface area (Å²) in [6.07, 6.45) is -5.21. The molecular formula is C10H18N3O14P3. The number of aliphatic hydroxyl groups excluding tert-OH is 2. The number of phosphoric ester groups is 1. The summed E-state index contributed by atoms with van der Waals surface area (Å²) >= 11 is 0. The van der Waals surface area contributed by atoms with Crippen LogP contribution in [0.4, 0.5) is 5.82 Å². The Balaban J connectivity index is 2.06. The highest BCUT2D eigenvalue weighted by atomic mass is 31.3. The molecule has 1 aromatic rings. The molecule has 30 heavy (non-hydrogen) atoms. The summed E-state index contributed by atoms with van der Waals surface area (Å²) in [5.74, 6) is 0.216. The first kappa shape index (κ1) is 25.2. The van der Waals surface area contributed by atoms with Crippen LogP contribution in [-0.4, -0.2) is 71.3 Å². The molecule has 0 aliphatic carbocycles. The number of hydrogen-bond donors (Lipinski definition) is 7. The first-order chi connectivity index (χ1) is 13.6. The van der Waals surface area contributed by atoms with Gasteiger partial charge < -0.3 is 39.8 Å². The van der Waals surface area contributed by atoms with Gasteiger partial charge in [-0.15, -0.1) is 0 Å². The van der Waals surface area contributed by atoms with Crippen LogP contribution in [0.1, 0.15) is 6.23 Å². The van der Waals surface area contributed by atoms with Crippen LogP contribution in [0, 0.1) is 0 Å². The van der Waals surface area contributed by atoms with E-state index in [0.717, 1.165) is 4.57 Å². The predicted octanol–water partition coefficient (Wildman–Crippen LogP) is -1.75. The predicted molar refractivity (Wildman–Crippen MR) is 93.8 cm³/mol. The van der Waals surface area contributed by atoms with E-state index < -0.39 is 60.3 Å². The second kappa shape index (κ2) is 9.22. The van der Waals surface area contributed by atoms with Crippen LogP contribution >= 0.6 is 23.5 Å². The first-order valence-corrected chi connectivity index (χ1v) is 12.2. The third-order valence-corrected chi connectivity index (χ3v) is 7.32. The Kier molecular flexibility index (Phi) is 7.76. The minimum Gasteiger partial charge on any atom is -0.387 e. The lowest BCUT2D eigenvalue weighted by molar-refractivity contribution is -0.0541. The SMILES string of the molecule is CNc1ccn([C@@H]2O[C@H](COP(=O)(O)OP(=O)(O)OP(=O)(O)O)[C@H](O)[C@@H]2O)c(=O)n1. The summed E-state index contributed by atoms with van der Waals surface area (Å²) < 4.78 is 51.0. The van der Waals surface area contributed by atoms with Crippen LogP contribution < -0.4 is 11.0 Å². The molecule has 17 nitrogen and oxygen atoms in total. The topological polar surface area (TPSA) is 256 Å². The highest BCUT2D eigenvalue weighted by Crippen LogP contribution is 2.66. The number of ether oxygens (including phenoxy) is 1. The standard InChI is InChI=1S/C10H18N3O14P3/c1-11-6-2-3-13(10(16)12-6)9-8(15)7(14)5(25-9)4-24-29(20,21)27-30(22,23)26-28(17,18)19/h2-3,5,7-9,14-15H,4H2,1H3,(H,20,21)(H,22,23)(H,11,12,16)(H2,17,18,19)/t5-,7+,8+,9-/m1/s1. The Morgan fingerprint density at radius 1 is 1.13 bits per heavy atom. The normalized spacial score (nSPS) is 28.6. The number of anilines is 1. The van der Waals surface area contributed by atoms with E-state index in [1.165, 1.54) is 19.3 Å². The summed E-state index contributed by atoms with van der Waals surface area (Å²) in [5, 5.41) is 22.7. The molecule has 1 aliphatic heterocycles. The van der Waals surface area contributed by atoms with Crippen molar-refractivity contribution in [3.8, 4) is 0 Å². The largest absolute Gasteiger partial charge is 0.490 e. The maximum Gasteiger partial charge on any atom is 0.490 e. The Morgan fingerprint density at radius 3 is 2.30 bits per heavy atom. The van der Waals surface area contributed by atoms with Gasteiger partial charge in [-0.3, -0.25) is 9.09 Å². The molecule has 20 heteroatoms. The van der Waals surface area contributed by atoms with E-state index in [2.05, 4.69) is 23.4 Å². The number of aliphatic hydroxyl groups is 2. The molecule has 0 amide bonds. The average molecular weight is 497 g/mol. The monoisotopic (exact) mass is 497 g/mol. The van der Waals surface area contributed by atoms with Crippen molar-refractivity contribution in [1.29, 1.82) is 0 Å². The number of rotatable bonds is 9. The van der Waals surface area contributed by atoms with Gasteiger partial charge in [0.05, 0.1) is 6.61 Å². The maximum absolute atomic E-state index is 12.0. The van der Waals surface area contributed by atoms with Gasteiger partial charge in [-0.2, -0.15) is 13.6 Å². The first-order valence-electron chi connectivity index (χ1n) is 7.71. The highest BCUT2D eigenvalue weighted by molar-refractivity contribution is 7.66. The zero-order valence-electron chi connectivity index (χ0n) is 14.9. The number of aromatic nitrogens is 2. The Bertz CT molecular complexity index is 963. The number of hydrogen-bond acceptors (Lipinski definition) is 12. The number of phosphoric acid groups is 3. The van der Waals surface area contributed by atoms with Gasteiger partial charge in [0, 0.05) is 13.2 Å². The summed E-state index contributed by atoms with van der Waals surface area (Å²) in [4.78, 5) is 51.0. The van der Waals surface area contributed by atoms with E-state index in [-0.39, 0.29) is 5.82 Å². The molecule has 172 valence electrons. The quantitative estimate of drug-likeness (QED) is 0.187. The molecule has 0 spiro atoms. The second-order valence-electron chi connectivity index (χ2n) is 5.69. The molecule has 0 aromatic carbocycles. The molecule has 1 aliphatic rings. The molecule has 1 saturated heterocycles. The Morgan fingerprint density at radius 2 is 1.77 bits per heavy atom. The van der Waals surface area contributed by atoms with Crippen LogP contribution in [0.2, 0.25) is 0 Å². The van der Waals surface area contributed by atoms with Gasteiger partial charge in [0.15, 0.2) is 6.23 Å². The van der Waals surface area contributed by atoms with Gasteiger partial charge in [-0.1, -0.05) is 0 Å². The van der Waals surface area contributed by atoms with Gasteiger partial charge in [-0.25, -0.2) is 18.5 Å². The van der Waals surface area contributed by atoms with Crippen molar-refractivity contribution in [1.82, 2.24) is 9.55 Å². The summed E-state index contributed by atoms with van der Waals surface area (Å²) in [7, 11) is -15.2. The summed E-state index contributed by atoms with van der Waals surface area (Å²) in [6, 6.07) is 1.36. The van der Waals surface area contributed by atoms with Crippen molar-refractivity contribution in [3.63, 3.8) is 0 Å². The van der Waals surface area contributed by atoms with Crippen LogP contribution in [0.15, 0.2) is 17.1 Å². The van der Waals surface area contributed by atoms with Crippen LogP contribution in [0.3, 0.4) is 0 Å². The van der Waals surface area contributed by atoms with Gasteiger partial charge in [-0.05, 0) is 6.07 Å². The van der Waals surface area contributed by atoms with Gasteiger partial charge in [0.2, 0.25) is 0 Å². The fourth-order valence-corrected chi connectivity index (χ4v) is 5.34. The highest BCUT2D eigenvalue weighted by Gasteiger charge is 2.46. The fraction of sp³-hybridized carbons (Fsp3) is 0.600. The molecule has 1 aromatic heterocycles. The Hall–Kier alpha value is -1.03. The minimum atomic E-state index is -5.71. The van der Waals surface area contributed by atoms with Crippen molar-refractivity contribution < 1.29 is 61.4 Å². The maximum atomic E-state index is 12.0. The molecular weight excluding hydrogens is 479 g/mol. The smallest absolute Gasteiger partial charge is 0.387 e. The van der Waals surface area contributed by atoms with Gasteiger partial charge in [0.1, 0.15) is 24.1 Å². The molecule has 6 atom stereocenters. The van der Waals surface area contributed by atoms with E-state index in [1.54, 1.807) is 0 Å². The molecule has 7 N–H and O–H groups in total. The lowest BCUT2D eigenvalue weighted by Crippen LogP contribution is -2.36. The lowest BCUT2D eigenvalue weighted by Gasteiger charge is -2.19. The van der Waals surface area contributed by atoms with E-state index in [0.29, 0.717) is 0 Å². The zero-order valence-corrected chi connectivity index (χ0v) is 17.5. The lowest BCUT2D eigenvalue weighted by atomic mass is 10.1. The molecule has 0 saturated carbocycles. The van der Waals surface area contributed by atoms with Crippen molar-refractivity contribution in [2.24, 2.45) is 0 Å². The molecule has 0 bridgehead atoms. The third kappa shape index (κ3) is 6.73. The Labute approximate surface area is 167 Å². The molecule has 0 radical (unpaired) electrons. The average Bonchev–Trinajstić information content (AvgIpc) is 2.85. The minimum absolute atomic E-state index is 0.216. The molecule has 2 heterocycles. The van der Waals surface area contributed by atoms with Crippen molar-refractivity contribution >= 4 is 29.3 Å². The van der Waals surface area contributed by atoms with Crippen LogP contribution in [-0.2, 0) is 31.6 Å². The van der Waals surface area contributed by atoms with Crippen molar-refractivity contribution in [2.75, 3.05) is 19.0 Å². The van der Waals surface area contributed by atoms with Gasteiger partial charge in [0.25, 0.3) is 0 Å². The second-order valence-corrected chi connectivity index (χ2v) is 10.1. The van der Waals surface area contributed by atoms with E-state index in [1.807, 2.05) is 0 Å². The van der Waals surface area contributed by atoms with E-state index in [4.69, 9.17) is 19.4 Å². The van der Waals surface area contributed by atoms with E-state index >= 15 is 0 Å². The van der Waals surface area contributed by atoms with E-state index in [9.17, 15) is 33.6 Å². The van der Waals surface area contributed by atoms with Crippen LogP contribution in [0.25, 0.3) is 0 Å². The molecule has 1 fully saturated rings. The van der Waals surface area contributed by atoms with Gasteiger partial charge >= 0.3 is 29.2 Å². The zero-order chi connectivity index (χ0) is 22.9.